The standard InChI is InChI=1S/C14H13NO3/c16-11-6-7-13(17)12(8-11)14(18)15-9-10-4-2-1-3-5-10/h1-8,16-17H,9H2,(H,15,18). The lowest BCUT2D eigenvalue weighted by Crippen LogP contribution is -2.22. The maximum Gasteiger partial charge on any atom is 0.255 e. The van der Waals surface area contributed by atoms with Crippen LogP contribution >= 0.6 is 0 Å². The SMILES string of the molecule is O=C(NCc1ccccc1)c1cc(O)ccc1O. The number of carbonyl (C=O) groups is 1. The molecule has 0 aliphatic carbocycles. The van der Waals surface area contributed by atoms with E-state index in [0.717, 1.165) is 5.56 Å². The van der Waals surface area contributed by atoms with Crippen LogP contribution in [0.5, 0.6) is 11.5 Å². The van der Waals surface area contributed by atoms with Crippen molar-refractivity contribution in [2.24, 2.45) is 0 Å². The first-order chi connectivity index (χ1) is 8.66. The van der Waals surface area contributed by atoms with Gasteiger partial charge in [-0.05, 0) is 23.8 Å². The topological polar surface area (TPSA) is 69.6 Å². The quantitative estimate of drug-likeness (QED) is 0.722. The van der Waals surface area contributed by atoms with Crippen molar-refractivity contribution in [3.05, 3.63) is 59.7 Å². The summed E-state index contributed by atoms with van der Waals surface area (Å²) in [7, 11) is 0. The molecule has 0 saturated carbocycles. The van der Waals surface area contributed by atoms with Gasteiger partial charge in [-0.2, -0.15) is 0 Å². The molecule has 2 rings (SSSR count). The third-order valence-corrected chi connectivity index (χ3v) is 2.52. The fraction of sp³-hybridized carbons (Fsp3) is 0.0714. The van der Waals surface area contributed by atoms with Gasteiger partial charge in [0.15, 0.2) is 0 Å². The summed E-state index contributed by atoms with van der Waals surface area (Å²) >= 11 is 0. The molecular formula is C14H13NO3. The first-order valence-corrected chi connectivity index (χ1v) is 5.51. The summed E-state index contributed by atoms with van der Waals surface area (Å²) in [5.41, 5.74) is 1.02. The van der Waals surface area contributed by atoms with Crippen molar-refractivity contribution in [3.63, 3.8) is 0 Å². The summed E-state index contributed by atoms with van der Waals surface area (Å²) < 4.78 is 0. The molecule has 3 N–H and O–H groups in total. The van der Waals surface area contributed by atoms with Gasteiger partial charge >= 0.3 is 0 Å². The molecule has 2 aromatic rings. The number of nitrogens with one attached hydrogen (secondary N) is 1. The van der Waals surface area contributed by atoms with Crippen molar-refractivity contribution in [2.75, 3.05) is 0 Å². The van der Waals surface area contributed by atoms with Crippen LogP contribution in [0, 0.1) is 0 Å². The van der Waals surface area contributed by atoms with E-state index in [2.05, 4.69) is 5.32 Å². The molecule has 0 fully saturated rings. The number of aromatic hydroxyl groups is 2. The predicted molar refractivity (Wildman–Crippen MR) is 67.4 cm³/mol. The molecule has 0 aromatic heterocycles. The Labute approximate surface area is 105 Å². The maximum absolute atomic E-state index is 11.8. The Balaban J connectivity index is 2.06. The Bertz CT molecular complexity index is 552. The molecule has 0 aliphatic rings. The second-order valence-electron chi connectivity index (χ2n) is 3.87. The van der Waals surface area contributed by atoms with E-state index in [1.807, 2.05) is 30.3 Å². The Kier molecular flexibility index (Phi) is 3.48. The average molecular weight is 243 g/mol. The van der Waals surface area contributed by atoms with Crippen molar-refractivity contribution in [1.82, 2.24) is 5.32 Å². The number of hydrogen-bond acceptors (Lipinski definition) is 3. The first kappa shape index (κ1) is 12.0. The van der Waals surface area contributed by atoms with Gasteiger partial charge in [-0.3, -0.25) is 4.79 Å². The number of benzene rings is 2. The number of carbonyl (C=O) groups excluding carboxylic acids is 1. The van der Waals surface area contributed by atoms with E-state index in [9.17, 15) is 15.0 Å². The lowest BCUT2D eigenvalue weighted by Gasteiger charge is -2.07. The van der Waals surface area contributed by atoms with Crippen molar-refractivity contribution in [2.45, 2.75) is 6.54 Å². The number of amides is 1. The van der Waals surface area contributed by atoms with Gasteiger partial charge in [0.05, 0.1) is 5.56 Å². The predicted octanol–water partition coefficient (Wildman–Crippen LogP) is 2.03. The summed E-state index contributed by atoms with van der Waals surface area (Å²) in [6.45, 7) is 0.370. The van der Waals surface area contributed by atoms with Crippen LogP contribution in [0.2, 0.25) is 0 Å². The van der Waals surface area contributed by atoms with E-state index >= 15 is 0 Å². The molecule has 0 radical (unpaired) electrons. The maximum atomic E-state index is 11.8. The molecule has 1 amide bonds. The fourth-order valence-corrected chi connectivity index (χ4v) is 1.58. The third-order valence-electron chi connectivity index (χ3n) is 2.52. The molecule has 4 nitrogen and oxygen atoms in total. The Morgan fingerprint density at radius 2 is 1.78 bits per heavy atom. The van der Waals surface area contributed by atoms with E-state index in [0.29, 0.717) is 6.54 Å². The van der Waals surface area contributed by atoms with Crippen molar-refractivity contribution in [1.29, 1.82) is 0 Å². The van der Waals surface area contributed by atoms with Gasteiger partial charge in [0.1, 0.15) is 11.5 Å². The largest absolute Gasteiger partial charge is 0.508 e. The van der Waals surface area contributed by atoms with Gasteiger partial charge in [0.2, 0.25) is 0 Å². The monoisotopic (exact) mass is 243 g/mol. The second-order valence-corrected chi connectivity index (χ2v) is 3.87. The van der Waals surface area contributed by atoms with Crippen LogP contribution in [0.4, 0.5) is 0 Å². The highest BCUT2D eigenvalue weighted by Gasteiger charge is 2.11. The molecule has 0 bridgehead atoms. The molecule has 92 valence electrons. The summed E-state index contributed by atoms with van der Waals surface area (Å²) in [5, 5.41) is 21.5. The fourth-order valence-electron chi connectivity index (χ4n) is 1.58. The van der Waals surface area contributed by atoms with Crippen molar-refractivity contribution in [3.8, 4) is 11.5 Å². The highest BCUT2D eigenvalue weighted by Crippen LogP contribution is 2.21. The van der Waals surface area contributed by atoms with E-state index in [-0.39, 0.29) is 17.1 Å². The van der Waals surface area contributed by atoms with Crippen LogP contribution in [0.3, 0.4) is 0 Å². The molecular weight excluding hydrogens is 230 g/mol. The third kappa shape index (κ3) is 2.79. The Morgan fingerprint density at radius 3 is 2.50 bits per heavy atom. The van der Waals surface area contributed by atoms with Gasteiger partial charge in [-0.1, -0.05) is 30.3 Å². The second kappa shape index (κ2) is 5.23. The van der Waals surface area contributed by atoms with Gasteiger partial charge in [0, 0.05) is 6.54 Å². The van der Waals surface area contributed by atoms with E-state index < -0.39 is 5.91 Å². The summed E-state index contributed by atoms with van der Waals surface area (Å²) in [6.07, 6.45) is 0. The molecule has 2 aromatic carbocycles. The lowest BCUT2D eigenvalue weighted by atomic mass is 10.1. The average Bonchev–Trinajstić information content (AvgIpc) is 2.40. The highest BCUT2D eigenvalue weighted by atomic mass is 16.3. The lowest BCUT2D eigenvalue weighted by molar-refractivity contribution is 0.0948. The number of hydrogen-bond donors (Lipinski definition) is 3. The van der Waals surface area contributed by atoms with E-state index in [4.69, 9.17) is 0 Å². The Hall–Kier alpha value is -2.49. The zero-order valence-corrected chi connectivity index (χ0v) is 9.63. The van der Waals surface area contributed by atoms with Gasteiger partial charge in [0.25, 0.3) is 5.91 Å². The summed E-state index contributed by atoms with van der Waals surface area (Å²) in [5.74, 6) is -0.636. The molecule has 0 atom stereocenters. The number of rotatable bonds is 3. The molecule has 0 unspecified atom stereocenters. The zero-order chi connectivity index (χ0) is 13.0. The minimum Gasteiger partial charge on any atom is -0.508 e. The van der Waals surface area contributed by atoms with Gasteiger partial charge in [-0.15, -0.1) is 0 Å². The van der Waals surface area contributed by atoms with Crippen LogP contribution in [0.15, 0.2) is 48.5 Å². The van der Waals surface area contributed by atoms with Crippen LogP contribution in [-0.2, 0) is 6.54 Å². The molecule has 0 aliphatic heterocycles. The van der Waals surface area contributed by atoms with Gasteiger partial charge in [-0.25, -0.2) is 0 Å². The minimum absolute atomic E-state index is 0.0577. The molecule has 0 saturated heterocycles. The molecule has 4 heteroatoms. The van der Waals surface area contributed by atoms with Crippen LogP contribution in [0.1, 0.15) is 15.9 Å². The number of phenols is 2. The molecule has 18 heavy (non-hydrogen) atoms. The van der Waals surface area contributed by atoms with Crippen LogP contribution in [0.25, 0.3) is 0 Å². The van der Waals surface area contributed by atoms with Crippen LogP contribution in [-0.4, -0.2) is 16.1 Å². The smallest absolute Gasteiger partial charge is 0.255 e. The highest BCUT2D eigenvalue weighted by molar-refractivity contribution is 5.97. The van der Waals surface area contributed by atoms with Crippen molar-refractivity contribution >= 4 is 5.91 Å². The normalized spacial score (nSPS) is 10.0. The molecule has 0 spiro atoms. The number of phenolic OH excluding ortho intramolecular Hbond substituents is 2. The minimum atomic E-state index is -0.424. The van der Waals surface area contributed by atoms with Gasteiger partial charge < -0.3 is 15.5 Å². The van der Waals surface area contributed by atoms with E-state index in [1.165, 1.54) is 18.2 Å². The van der Waals surface area contributed by atoms with E-state index in [1.54, 1.807) is 0 Å². The molecule has 0 heterocycles. The summed E-state index contributed by atoms with van der Waals surface area (Å²) in [4.78, 5) is 11.8. The zero-order valence-electron chi connectivity index (χ0n) is 9.63. The summed E-state index contributed by atoms with van der Waals surface area (Å²) in [6, 6.07) is 13.3. The van der Waals surface area contributed by atoms with Crippen molar-refractivity contribution < 1.29 is 15.0 Å². The van der Waals surface area contributed by atoms with Crippen LogP contribution < -0.4 is 5.32 Å². The Morgan fingerprint density at radius 1 is 1.06 bits per heavy atom. The first-order valence-electron chi connectivity index (χ1n) is 5.51.